The molecule has 0 aromatic heterocycles. The van der Waals surface area contributed by atoms with Gasteiger partial charge in [0.1, 0.15) is 0 Å². The van der Waals surface area contributed by atoms with E-state index in [-0.39, 0.29) is 50.3 Å². The van der Waals surface area contributed by atoms with Crippen molar-refractivity contribution >= 4 is 64.3 Å². The Kier molecular flexibility index (Phi) is 9.76. The van der Waals surface area contributed by atoms with Crippen LogP contribution in [0.15, 0.2) is 84.9 Å². The molecule has 4 aliphatic rings. The normalized spacial score (nSPS) is 16.2. The van der Waals surface area contributed by atoms with Crippen molar-refractivity contribution in [3.8, 4) is 11.1 Å². The number of hydrogen-bond acceptors (Lipinski definition) is 8. The molecular formula is C54H38F4N4O8. The Balaban J connectivity index is 0.977. The van der Waals surface area contributed by atoms with Crippen LogP contribution in [0.2, 0.25) is 0 Å². The number of carbonyl (C=O) groups is 8. The molecule has 0 fully saturated rings. The summed E-state index contributed by atoms with van der Waals surface area (Å²) in [6.07, 6.45) is -5.66. The number of imide groups is 4. The van der Waals surface area contributed by atoms with E-state index in [1.165, 1.54) is 24.0 Å². The summed E-state index contributed by atoms with van der Waals surface area (Å²) in [6.45, 7) is 12.3. The van der Waals surface area contributed by atoms with Crippen molar-refractivity contribution in [2.24, 2.45) is 0 Å². The molecule has 16 heteroatoms. The molecule has 12 nitrogen and oxygen atoms in total. The Hall–Kier alpha value is -8.40. The summed E-state index contributed by atoms with van der Waals surface area (Å²) in [7, 11) is 1.14. The SMILES string of the molecule is Cc1cc(C)c(N2C(=O)c3ccc(-c4ccc5c(c4)C(=O)N(c4c(C)cc(C)c(N6C(=O)c7ccc([C@@](F)(c8ccc9c(c8)C(=O)N(C)C9=O)C(F)(F)F)cc7C6=O)c4C)C5=O)cc3C2=O)c(C)c1C. The lowest BCUT2D eigenvalue weighted by Crippen LogP contribution is -2.39. The van der Waals surface area contributed by atoms with Gasteiger partial charge in [-0.3, -0.25) is 43.3 Å². The van der Waals surface area contributed by atoms with Gasteiger partial charge in [-0.25, -0.2) is 19.1 Å². The fourth-order valence-corrected chi connectivity index (χ4v) is 10.4. The first-order chi connectivity index (χ1) is 32.9. The van der Waals surface area contributed by atoms with Gasteiger partial charge in [0.2, 0.25) is 0 Å². The van der Waals surface area contributed by atoms with Gasteiger partial charge in [0.25, 0.3) is 52.9 Å². The minimum Gasteiger partial charge on any atom is -0.277 e. The van der Waals surface area contributed by atoms with E-state index >= 15 is 4.39 Å². The number of nitrogens with zero attached hydrogens (tertiary/aromatic N) is 4. The third-order valence-electron chi connectivity index (χ3n) is 14.1. The van der Waals surface area contributed by atoms with Crippen molar-refractivity contribution < 1.29 is 55.9 Å². The maximum absolute atomic E-state index is 16.9. The zero-order valence-corrected chi connectivity index (χ0v) is 38.6. The minimum atomic E-state index is -5.66. The van der Waals surface area contributed by atoms with Crippen LogP contribution in [-0.4, -0.2) is 65.4 Å². The predicted molar refractivity (Wildman–Crippen MR) is 249 cm³/mol. The van der Waals surface area contributed by atoms with Crippen molar-refractivity contribution in [3.05, 3.63) is 180 Å². The molecule has 0 spiro atoms. The zero-order valence-electron chi connectivity index (χ0n) is 38.6. The summed E-state index contributed by atoms with van der Waals surface area (Å²) in [6, 6.07) is 17.4. The van der Waals surface area contributed by atoms with Crippen LogP contribution in [0.4, 0.5) is 34.6 Å². The third kappa shape index (κ3) is 6.01. The van der Waals surface area contributed by atoms with Crippen LogP contribution in [0.25, 0.3) is 11.1 Å². The first-order valence-corrected chi connectivity index (χ1v) is 21.9. The number of carbonyl (C=O) groups excluding carboxylic acids is 8. The van der Waals surface area contributed by atoms with Crippen molar-refractivity contribution in [2.75, 3.05) is 21.7 Å². The molecule has 6 aromatic carbocycles. The summed E-state index contributed by atoms with van der Waals surface area (Å²) in [5.41, 5.74) is -1.68. The maximum atomic E-state index is 16.9. The molecule has 10 rings (SSSR count). The van der Waals surface area contributed by atoms with Gasteiger partial charge in [-0.15, -0.1) is 0 Å². The van der Waals surface area contributed by atoms with Crippen LogP contribution in [0, 0.1) is 48.5 Å². The van der Waals surface area contributed by atoms with Crippen LogP contribution in [0.5, 0.6) is 0 Å². The number of benzene rings is 6. The highest BCUT2D eigenvalue weighted by molar-refractivity contribution is 6.38. The number of hydrogen-bond donors (Lipinski definition) is 0. The number of aryl methyl sites for hydroxylation is 4. The van der Waals surface area contributed by atoms with Crippen molar-refractivity contribution in [1.82, 2.24) is 4.90 Å². The molecule has 4 aliphatic heterocycles. The predicted octanol–water partition coefficient (Wildman–Crippen LogP) is 9.92. The Morgan fingerprint density at radius 1 is 0.343 bits per heavy atom. The average Bonchev–Trinajstić information content (AvgIpc) is 3.90. The van der Waals surface area contributed by atoms with Gasteiger partial charge in [-0.05, 0) is 147 Å². The number of rotatable bonds is 6. The molecule has 0 bridgehead atoms. The highest BCUT2D eigenvalue weighted by atomic mass is 19.4. The third-order valence-corrected chi connectivity index (χ3v) is 14.1. The topological polar surface area (TPSA) is 150 Å². The summed E-state index contributed by atoms with van der Waals surface area (Å²) >= 11 is 0. The summed E-state index contributed by atoms with van der Waals surface area (Å²) in [5, 5.41) is 0. The fraction of sp³-hybridized carbons (Fsp3) is 0.185. The van der Waals surface area contributed by atoms with Gasteiger partial charge in [0.05, 0.1) is 61.6 Å². The second-order valence-corrected chi connectivity index (χ2v) is 18.1. The summed E-state index contributed by atoms with van der Waals surface area (Å²) in [5.74, 6) is -6.21. The Morgan fingerprint density at radius 2 is 0.657 bits per heavy atom. The minimum absolute atomic E-state index is 0.00770. The quantitative estimate of drug-likeness (QED) is 0.118. The lowest BCUT2D eigenvalue weighted by atomic mass is 9.84. The van der Waals surface area contributed by atoms with Crippen LogP contribution >= 0.6 is 0 Å². The molecule has 1 atom stereocenters. The van der Waals surface area contributed by atoms with Gasteiger partial charge >= 0.3 is 6.18 Å². The molecular weight excluding hydrogens is 909 g/mol. The molecule has 70 heavy (non-hydrogen) atoms. The molecule has 4 heterocycles. The lowest BCUT2D eigenvalue weighted by Gasteiger charge is -2.29. The first kappa shape index (κ1) is 45.4. The van der Waals surface area contributed by atoms with E-state index in [0.717, 1.165) is 58.5 Å². The average molecular weight is 947 g/mol. The van der Waals surface area contributed by atoms with E-state index in [2.05, 4.69) is 0 Å². The van der Waals surface area contributed by atoms with Gasteiger partial charge in [-0.1, -0.05) is 36.4 Å². The smallest absolute Gasteiger partial charge is 0.277 e. The van der Waals surface area contributed by atoms with Gasteiger partial charge in [-0.2, -0.15) is 13.2 Å². The standard InChI is InChI=1S/C54H38F4N4O8/c1-23-17-24(2)42(28(6)27(23)5)60-47(65)35-13-9-30(19-38(35)50(60)68)31-10-14-36-39(20-31)51(69)61(48(36)66)43-25(3)18-26(4)44(29(43)7)62-49(67)37-16-12-33(22-41(37)52(62)70)53(55,54(56,57)58)32-11-15-34-40(21-32)46(64)59(8)45(34)63/h9-22H,1-8H3/t53-/m0/s1. The van der Waals surface area contributed by atoms with Crippen molar-refractivity contribution in [2.45, 2.75) is 60.3 Å². The van der Waals surface area contributed by atoms with Crippen molar-refractivity contribution in [3.63, 3.8) is 0 Å². The first-order valence-electron chi connectivity index (χ1n) is 21.9. The van der Waals surface area contributed by atoms with E-state index in [1.807, 2.05) is 33.8 Å². The Bertz CT molecular complexity index is 3580. The van der Waals surface area contributed by atoms with Crippen LogP contribution in [0.3, 0.4) is 0 Å². The monoisotopic (exact) mass is 946 g/mol. The van der Waals surface area contributed by atoms with Crippen LogP contribution < -0.4 is 14.7 Å². The van der Waals surface area contributed by atoms with E-state index < -0.39 is 81.4 Å². The molecule has 0 unspecified atom stereocenters. The van der Waals surface area contributed by atoms with Crippen molar-refractivity contribution in [1.29, 1.82) is 0 Å². The van der Waals surface area contributed by atoms with Crippen LogP contribution in [-0.2, 0) is 5.67 Å². The molecule has 0 N–H and O–H groups in total. The second-order valence-electron chi connectivity index (χ2n) is 18.1. The van der Waals surface area contributed by atoms with Gasteiger partial charge in [0, 0.05) is 18.2 Å². The second kappa shape index (κ2) is 15.0. The molecule has 0 radical (unpaired) electrons. The van der Waals surface area contributed by atoms with E-state index in [9.17, 15) is 51.5 Å². The number of anilines is 3. The molecule has 6 aromatic rings. The zero-order chi connectivity index (χ0) is 50.5. The van der Waals surface area contributed by atoms with E-state index in [0.29, 0.717) is 49.9 Å². The Labute approximate surface area is 396 Å². The van der Waals surface area contributed by atoms with E-state index in [1.54, 1.807) is 44.2 Å². The molecule has 350 valence electrons. The summed E-state index contributed by atoms with van der Waals surface area (Å²) < 4.78 is 61.8. The lowest BCUT2D eigenvalue weighted by molar-refractivity contribution is -0.219. The largest absolute Gasteiger partial charge is 0.431 e. The highest BCUT2D eigenvalue weighted by Gasteiger charge is 2.60. The van der Waals surface area contributed by atoms with Gasteiger partial charge in [0.15, 0.2) is 0 Å². The fourth-order valence-electron chi connectivity index (χ4n) is 10.4. The highest BCUT2D eigenvalue weighted by Crippen LogP contribution is 2.50. The Morgan fingerprint density at radius 3 is 1.07 bits per heavy atom. The molecule has 0 saturated heterocycles. The summed E-state index contributed by atoms with van der Waals surface area (Å²) in [4.78, 5) is 113. The maximum Gasteiger partial charge on any atom is 0.431 e. The van der Waals surface area contributed by atoms with E-state index in [4.69, 9.17) is 0 Å². The molecule has 8 amide bonds. The molecule has 0 saturated carbocycles. The number of halogens is 4. The molecule has 0 aliphatic carbocycles. The van der Waals surface area contributed by atoms with Crippen LogP contribution in [0.1, 0.15) is 133 Å². The number of amides is 8. The van der Waals surface area contributed by atoms with Gasteiger partial charge < -0.3 is 0 Å². The number of alkyl halides is 4. The number of fused-ring (bicyclic) bond motifs is 4.